The Morgan fingerprint density at radius 2 is 2.05 bits per heavy atom. The zero-order chi connectivity index (χ0) is 15.2. The van der Waals surface area contributed by atoms with Crippen LogP contribution in [0.1, 0.15) is 57.1 Å². The lowest BCUT2D eigenvalue weighted by Gasteiger charge is -2.27. The smallest absolute Gasteiger partial charge is 0.229 e. The molecular formula is C18H28N2O. The van der Waals surface area contributed by atoms with Crippen LogP contribution >= 0.6 is 0 Å². The van der Waals surface area contributed by atoms with E-state index in [4.69, 9.17) is 0 Å². The molecule has 1 aliphatic rings. The molecule has 0 saturated heterocycles. The van der Waals surface area contributed by atoms with Gasteiger partial charge in [-0.1, -0.05) is 51.0 Å². The number of hydrogen-bond acceptors (Lipinski definition) is 2. The summed E-state index contributed by atoms with van der Waals surface area (Å²) < 4.78 is 0. The van der Waals surface area contributed by atoms with Gasteiger partial charge in [0.2, 0.25) is 5.91 Å². The van der Waals surface area contributed by atoms with Gasteiger partial charge in [-0.25, -0.2) is 0 Å². The van der Waals surface area contributed by atoms with Crippen LogP contribution < -0.4 is 10.6 Å². The van der Waals surface area contributed by atoms with Gasteiger partial charge in [0.1, 0.15) is 0 Å². The number of benzene rings is 1. The first kappa shape index (κ1) is 16.0. The third-order valence-electron chi connectivity index (χ3n) is 4.22. The maximum atomic E-state index is 12.5. The normalized spacial score (nSPS) is 19.1. The Bertz CT molecular complexity index is 470. The molecule has 1 heterocycles. The molecule has 2 rings (SSSR count). The second-order valence-electron chi connectivity index (χ2n) is 6.62. The van der Waals surface area contributed by atoms with Crippen molar-refractivity contribution >= 4 is 5.91 Å². The molecule has 0 bridgehead atoms. The summed E-state index contributed by atoms with van der Waals surface area (Å²) in [6.07, 6.45) is 3.47. The molecule has 1 aromatic carbocycles. The summed E-state index contributed by atoms with van der Waals surface area (Å²) in [5.74, 6) is 0.844. The molecule has 1 aliphatic heterocycles. The minimum absolute atomic E-state index is 0.0532. The number of rotatable bonds is 6. The zero-order valence-corrected chi connectivity index (χ0v) is 13.5. The maximum Gasteiger partial charge on any atom is 0.229 e. The second-order valence-corrected chi connectivity index (χ2v) is 6.62. The van der Waals surface area contributed by atoms with Crippen LogP contribution in [-0.2, 0) is 11.3 Å². The second kappa shape index (κ2) is 7.60. The highest BCUT2D eigenvalue weighted by Gasteiger charge is 2.26. The van der Waals surface area contributed by atoms with Crippen molar-refractivity contribution in [3.63, 3.8) is 0 Å². The molecule has 0 radical (unpaired) electrons. The topological polar surface area (TPSA) is 41.1 Å². The Hall–Kier alpha value is -1.35. The molecule has 1 amide bonds. The fourth-order valence-electron chi connectivity index (χ4n) is 2.98. The molecule has 21 heavy (non-hydrogen) atoms. The van der Waals surface area contributed by atoms with E-state index in [1.807, 2.05) is 12.1 Å². The standard InChI is InChI=1S/C18H28N2O/c1-13(2)7-6-8-14(3)20-18(21)17-12-19-11-15-9-4-5-10-16(15)17/h4-5,9-10,13-14,17,19H,6-8,11-12H2,1-3H3,(H,20,21). The molecule has 0 aliphatic carbocycles. The van der Waals surface area contributed by atoms with Crippen LogP contribution in [0.3, 0.4) is 0 Å². The third-order valence-corrected chi connectivity index (χ3v) is 4.22. The lowest BCUT2D eigenvalue weighted by atomic mass is 9.90. The van der Waals surface area contributed by atoms with Crippen molar-refractivity contribution in [1.29, 1.82) is 0 Å². The summed E-state index contributed by atoms with van der Waals surface area (Å²) >= 11 is 0. The predicted molar refractivity (Wildman–Crippen MR) is 87.2 cm³/mol. The molecule has 2 unspecified atom stereocenters. The van der Waals surface area contributed by atoms with Crippen LogP contribution in [0.4, 0.5) is 0 Å². The van der Waals surface area contributed by atoms with E-state index >= 15 is 0 Å². The molecule has 116 valence electrons. The SMILES string of the molecule is CC(C)CCCC(C)NC(=O)C1CNCc2ccccc21. The minimum Gasteiger partial charge on any atom is -0.353 e. The summed E-state index contributed by atoms with van der Waals surface area (Å²) in [6.45, 7) is 8.20. The summed E-state index contributed by atoms with van der Waals surface area (Å²) in [6, 6.07) is 8.51. The largest absolute Gasteiger partial charge is 0.353 e. The van der Waals surface area contributed by atoms with Gasteiger partial charge < -0.3 is 10.6 Å². The summed E-state index contributed by atoms with van der Waals surface area (Å²) in [5.41, 5.74) is 2.43. The van der Waals surface area contributed by atoms with E-state index < -0.39 is 0 Å². The maximum absolute atomic E-state index is 12.5. The van der Waals surface area contributed by atoms with E-state index in [-0.39, 0.29) is 17.9 Å². The first-order valence-electron chi connectivity index (χ1n) is 8.16. The lowest BCUT2D eigenvalue weighted by molar-refractivity contribution is -0.123. The van der Waals surface area contributed by atoms with Crippen LogP contribution in [0.2, 0.25) is 0 Å². The molecule has 0 aromatic heterocycles. The van der Waals surface area contributed by atoms with Crippen molar-refractivity contribution in [2.75, 3.05) is 6.54 Å². The fourth-order valence-corrected chi connectivity index (χ4v) is 2.98. The number of carbonyl (C=O) groups excluding carboxylic acids is 1. The number of amides is 1. The highest BCUT2D eigenvalue weighted by atomic mass is 16.2. The van der Waals surface area contributed by atoms with Gasteiger partial charge in [-0.05, 0) is 30.4 Å². The van der Waals surface area contributed by atoms with Gasteiger partial charge in [-0.2, -0.15) is 0 Å². The van der Waals surface area contributed by atoms with Gasteiger partial charge in [-0.3, -0.25) is 4.79 Å². The average Bonchev–Trinajstić information content (AvgIpc) is 2.46. The molecule has 1 aromatic rings. The highest BCUT2D eigenvalue weighted by molar-refractivity contribution is 5.84. The Kier molecular flexibility index (Phi) is 5.80. The van der Waals surface area contributed by atoms with Crippen LogP contribution in [0.5, 0.6) is 0 Å². The van der Waals surface area contributed by atoms with Crippen molar-refractivity contribution in [2.24, 2.45) is 5.92 Å². The fraction of sp³-hybridized carbons (Fsp3) is 0.611. The van der Waals surface area contributed by atoms with Crippen molar-refractivity contribution < 1.29 is 4.79 Å². The molecule has 2 N–H and O–H groups in total. The van der Waals surface area contributed by atoms with Crippen molar-refractivity contribution in [2.45, 2.75) is 58.5 Å². The van der Waals surface area contributed by atoms with Crippen molar-refractivity contribution in [3.05, 3.63) is 35.4 Å². The average molecular weight is 288 g/mol. The van der Waals surface area contributed by atoms with Crippen LogP contribution in [0, 0.1) is 5.92 Å². The first-order valence-corrected chi connectivity index (χ1v) is 8.16. The molecule has 2 atom stereocenters. The van der Waals surface area contributed by atoms with E-state index in [9.17, 15) is 4.79 Å². The van der Waals surface area contributed by atoms with Gasteiger partial charge in [-0.15, -0.1) is 0 Å². The summed E-state index contributed by atoms with van der Waals surface area (Å²) in [4.78, 5) is 12.5. The number of fused-ring (bicyclic) bond motifs is 1. The van der Waals surface area contributed by atoms with Crippen molar-refractivity contribution in [1.82, 2.24) is 10.6 Å². The molecular weight excluding hydrogens is 260 g/mol. The zero-order valence-electron chi connectivity index (χ0n) is 13.5. The van der Waals surface area contributed by atoms with E-state index in [0.29, 0.717) is 0 Å². The predicted octanol–water partition coefficient (Wildman–Crippen LogP) is 3.20. The monoisotopic (exact) mass is 288 g/mol. The van der Waals surface area contributed by atoms with Gasteiger partial charge in [0, 0.05) is 19.1 Å². The number of carbonyl (C=O) groups is 1. The molecule has 3 heteroatoms. The number of nitrogens with one attached hydrogen (secondary N) is 2. The summed E-state index contributed by atoms with van der Waals surface area (Å²) in [5, 5.41) is 6.53. The van der Waals surface area contributed by atoms with Crippen molar-refractivity contribution in [3.8, 4) is 0 Å². The quantitative estimate of drug-likeness (QED) is 0.844. The van der Waals surface area contributed by atoms with Gasteiger partial charge in [0.05, 0.1) is 5.92 Å². The van der Waals surface area contributed by atoms with Gasteiger partial charge in [0.25, 0.3) is 0 Å². The molecule has 0 fully saturated rings. The van der Waals surface area contributed by atoms with E-state index in [1.54, 1.807) is 0 Å². The molecule has 0 saturated carbocycles. The first-order chi connectivity index (χ1) is 10.1. The van der Waals surface area contributed by atoms with Gasteiger partial charge in [0.15, 0.2) is 0 Å². The Balaban J connectivity index is 1.89. The third kappa shape index (κ3) is 4.57. The Morgan fingerprint density at radius 1 is 1.29 bits per heavy atom. The van der Waals surface area contributed by atoms with E-state index in [2.05, 4.69) is 43.5 Å². The van der Waals surface area contributed by atoms with Crippen LogP contribution in [0.25, 0.3) is 0 Å². The van der Waals surface area contributed by atoms with Gasteiger partial charge >= 0.3 is 0 Å². The Labute approximate surface area is 128 Å². The molecule has 0 spiro atoms. The van der Waals surface area contributed by atoms with Crippen LogP contribution in [0.15, 0.2) is 24.3 Å². The van der Waals surface area contributed by atoms with E-state index in [1.165, 1.54) is 24.0 Å². The van der Waals surface area contributed by atoms with E-state index in [0.717, 1.165) is 25.4 Å². The number of hydrogen-bond donors (Lipinski definition) is 2. The van der Waals surface area contributed by atoms with Crippen LogP contribution in [-0.4, -0.2) is 18.5 Å². The molecule has 3 nitrogen and oxygen atoms in total. The minimum atomic E-state index is -0.0532. The summed E-state index contributed by atoms with van der Waals surface area (Å²) in [7, 11) is 0. The lowest BCUT2D eigenvalue weighted by Crippen LogP contribution is -2.42. The highest BCUT2D eigenvalue weighted by Crippen LogP contribution is 2.24. The Morgan fingerprint density at radius 3 is 2.81 bits per heavy atom.